The molecule has 1 aliphatic carbocycles. The number of guanidine groups is 1. The molecule has 3 rings (SSSR count). The molecule has 0 spiro atoms. The van der Waals surface area contributed by atoms with Gasteiger partial charge in [-0.25, -0.2) is 4.98 Å². The number of benzene rings is 1. The van der Waals surface area contributed by atoms with Crippen LogP contribution in [0.25, 0.3) is 0 Å². The molecule has 0 saturated heterocycles. The summed E-state index contributed by atoms with van der Waals surface area (Å²) in [7, 11) is 0. The van der Waals surface area contributed by atoms with Crippen molar-refractivity contribution in [1.29, 1.82) is 0 Å². The molecule has 0 atom stereocenters. The zero-order valence-corrected chi connectivity index (χ0v) is 19.1. The molecule has 7 heteroatoms. The predicted molar refractivity (Wildman–Crippen MR) is 122 cm³/mol. The van der Waals surface area contributed by atoms with Crippen molar-refractivity contribution in [2.45, 2.75) is 38.5 Å². The van der Waals surface area contributed by atoms with Crippen molar-refractivity contribution < 1.29 is 0 Å². The highest BCUT2D eigenvalue weighted by atomic mass is 127. The summed E-state index contributed by atoms with van der Waals surface area (Å²) < 4.78 is 0. The highest BCUT2D eigenvalue weighted by molar-refractivity contribution is 14.0. The van der Waals surface area contributed by atoms with Crippen LogP contribution in [0, 0.1) is 6.92 Å². The smallest absolute Gasteiger partial charge is 0.191 e. The molecule has 0 unspecified atom stereocenters. The fraction of sp³-hybridized carbons (Fsp3) is 0.474. The number of thiazole rings is 1. The van der Waals surface area contributed by atoms with Gasteiger partial charge in [-0.3, -0.25) is 4.99 Å². The summed E-state index contributed by atoms with van der Waals surface area (Å²) in [5.41, 5.74) is 2.61. The number of halogens is 2. The Kier molecular flexibility index (Phi) is 8.16. The van der Waals surface area contributed by atoms with Crippen molar-refractivity contribution in [3.63, 3.8) is 0 Å². The lowest BCUT2D eigenvalue weighted by atomic mass is 9.96. The summed E-state index contributed by atoms with van der Waals surface area (Å²) in [5, 5.41) is 10.8. The second-order valence-electron chi connectivity index (χ2n) is 6.52. The number of hydrogen-bond acceptors (Lipinski definition) is 3. The normalized spacial score (nSPS) is 15.3. The average molecular weight is 505 g/mol. The molecule has 0 bridgehead atoms. The third kappa shape index (κ3) is 5.82. The molecule has 4 nitrogen and oxygen atoms in total. The van der Waals surface area contributed by atoms with Gasteiger partial charge in [0.2, 0.25) is 0 Å². The van der Waals surface area contributed by atoms with Crippen LogP contribution >= 0.6 is 46.9 Å². The Labute approximate surface area is 181 Å². The van der Waals surface area contributed by atoms with Gasteiger partial charge in [-0.2, -0.15) is 0 Å². The second-order valence-corrected chi connectivity index (χ2v) is 8.02. The summed E-state index contributed by atoms with van der Waals surface area (Å²) in [6.07, 6.45) is 3.26. The number of hydrogen-bond donors (Lipinski definition) is 2. The molecule has 2 aromatic rings. The first kappa shape index (κ1) is 21.4. The van der Waals surface area contributed by atoms with E-state index in [9.17, 15) is 0 Å². The molecule has 26 heavy (non-hydrogen) atoms. The van der Waals surface area contributed by atoms with E-state index in [0.29, 0.717) is 0 Å². The molecule has 1 aromatic carbocycles. The summed E-state index contributed by atoms with van der Waals surface area (Å²) in [5.74, 6) is 0.878. The summed E-state index contributed by atoms with van der Waals surface area (Å²) >= 11 is 7.85. The fourth-order valence-corrected chi connectivity index (χ4v) is 3.75. The number of rotatable bonds is 7. The molecule has 0 amide bonds. The van der Waals surface area contributed by atoms with Crippen molar-refractivity contribution in [2.75, 3.05) is 19.6 Å². The first-order chi connectivity index (χ1) is 12.1. The van der Waals surface area contributed by atoms with Crippen molar-refractivity contribution in [1.82, 2.24) is 15.6 Å². The lowest BCUT2D eigenvalue weighted by molar-refractivity contribution is 0.691. The second kappa shape index (κ2) is 9.90. The molecule has 1 fully saturated rings. The van der Waals surface area contributed by atoms with Crippen molar-refractivity contribution >= 4 is 52.9 Å². The van der Waals surface area contributed by atoms with Crippen molar-refractivity contribution in [3.05, 3.63) is 50.9 Å². The molecular weight excluding hydrogens is 479 g/mol. The molecule has 142 valence electrons. The predicted octanol–water partition coefficient (Wildman–Crippen LogP) is 4.55. The zero-order chi connectivity index (χ0) is 17.7. The molecule has 1 saturated carbocycles. The Morgan fingerprint density at radius 1 is 1.35 bits per heavy atom. The van der Waals surface area contributed by atoms with E-state index in [0.717, 1.165) is 47.7 Å². The fourth-order valence-electron chi connectivity index (χ4n) is 2.91. The minimum Gasteiger partial charge on any atom is -0.357 e. The van der Waals surface area contributed by atoms with Crippen LogP contribution in [0.5, 0.6) is 0 Å². The van der Waals surface area contributed by atoms with Crippen LogP contribution in [0.15, 0.2) is 34.6 Å². The van der Waals surface area contributed by atoms with Gasteiger partial charge >= 0.3 is 0 Å². The zero-order valence-electron chi connectivity index (χ0n) is 15.2. The van der Waals surface area contributed by atoms with Gasteiger partial charge in [-0.1, -0.05) is 23.7 Å². The molecule has 1 aromatic heterocycles. The third-order valence-electron chi connectivity index (χ3n) is 4.51. The molecule has 1 aliphatic rings. The average Bonchev–Trinajstić information content (AvgIpc) is 3.28. The maximum atomic E-state index is 6.15. The Bertz CT molecular complexity index is 743. The Balaban J connectivity index is 0.00000243. The van der Waals surface area contributed by atoms with Crippen LogP contribution in [0.2, 0.25) is 5.02 Å². The van der Waals surface area contributed by atoms with Crippen molar-refractivity contribution in [3.8, 4) is 0 Å². The van der Waals surface area contributed by atoms with Crippen molar-refractivity contribution in [2.24, 2.45) is 4.99 Å². The van der Waals surface area contributed by atoms with E-state index >= 15 is 0 Å². The summed E-state index contributed by atoms with van der Waals surface area (Å²) in [6, 6.07) is 8.20. The van der Waals surface area contributed by atoms with Crippen LogP contribution in [0.4, 0.5) is 0 Å². The number of nitrogens with zero attached hydrogens (tertiary/aromatic N) is 2. The van der Waals surface area contributed by atoms with Crippen LogP contribution in [0.1, 0.15) is 36.0 Å². The van der Waals surface area contributed by atoms with Crippen LogP contribution in [-0.4, -0.2) is 30.6 Å². The largest absolute Gasteiger partial charge is 0.357 e. The third-order valence-corrected chi connectivity index (χ3v) is 5.57. The van der Waals surface area contributed by atoms with E-state index in [-0.39, 0.29) is 29.4 Å². The Morgan fingerprint density at radius 2 is 2.15 bits per heavy atom. The topological polar surface area (TPSA) is 49.3 Å². The highest BCUT2D eigenvalue weighted by Crippen LogP contribution is 2.48. The van der Waals surface area contributed by atoms with Gasteiger partial charge in [0.05, 0.1) is 17.2 Å². The Morgan fingerprint density at radius 3 is 2.77 bits per heavy atom. The molecule has 1 heterocycles. The molecule has 0 aliphatic heterocycles. The van der Waals surface area contributed by atoms with E-state index in [2.05, 4.69) is 40.1 Å². The van der Waals surface area contributed by atoms with Gasteiger partial charge in [0.25, 0.3) is 0 Å². The SMILES string of the molecule is CCNC(=NCC1(c2cccc(Cl)c2)CC1)NCCc1csc(C)n1.I. The van der Waals surface area contributed by atoms with Gasteiger partial charge in [-0.15, -0.1) is 35.3 Å². The lowest BCUT2D eigenvalue weighted by Gasteiger charge is -2.16. The van der Waals surface area contributed by atoms with Crippen LogP contribution in [0.3, 0.4) is 0 Å². The minimum atomic E-state index is 0. The minimum absolute atomic E-state index is 0. The van der Waals surface area contributed by atoms with Gasteiger partial charge in [-0.05, 0) is 44.4 Å². The van der Waals surface area contributed by atoms with Crippen LogP contribution in [-0.2, 0) is 11.8 Å². The molecular formula is C19H26ClIN4S. The van der Waals surface area contributed by atoms with Crippen LogP contribution < -0.4 is 10.6 Å². The maximum absolute atomic E-state index is 6.15. The monoisotopic (exact) mass is 504 g/mol. The van der Waals surface area contributed by atoms with E-state index in [4.69, 9.17) is 16.6 Å². The molecule has 0 radical (unpaired) electrons. The quantitative estimate of drug-likeness (QED) is 0.330. The first-order valence-corrected chi connectivity index (χ1v) is 10.1. The highest BCUT2D eigenvalue weighted by Gasteiger charge is 2.44. The number of nitrogens with one attached hydrogen (secondary N) is 2. The first-order valence-electron chi connectivity index (χ1n) is 8.80. The van der Waals surface area contributed by atoms with Gasteiger partial charge < -0.3 is 10.6 Å². The summed E-state index contributed by atoms with van der Waals surface area (Å²) in [4.78, 5) is 9.33. The maximum Gasteiger partial charge on any atom is 0.191 e. The summed E-state index contributed by atoms with van der Waals surface area (Å²) in [6.45, 7) is 6.60. The standard InChI is InChI=1S/C19H25ClN4S.HI/c1-3-21-18(22-10-7-17-12-25-14(2)24-17)23-13-19(8-9-19)15-5-4-6-16(20)11-15;/h4-6,11-12H,3,7-10,13H2,1-2H3,(H2,21,22,23);1H. The Hall–Kier alpha value is -0.860. The van der Waals surface area contributed by atoms with E-state index < -0.39 is 0 Å². The van der Waals surface area contributed by atoms with E-state index in [1.165, 1.54) is 18.4 Å². The number of aliphatic imine (C=N–C) groups is 1. The molecule has 2 N–H and O–H groups in total. The van der Waals surface area contributed by atoms with Gasteiger partial charge in [0.1, 0.15) is 0 Å². The van der Waals surface area contributed by atoms with Gasteiger partial charge in [0, 0.05) is 35.3 Å². The lowest BCUT2D eigenvalue weighted by Crippen LogP contribution is -2.39. The number of aromatic nitrogens is 1. The number of aryl methyl sites for hydroxylation is 1. The van der Waals surface area contributed by atoms with Gasteiger partial charge in [0.15, 0.2) is 5.96 Å². The van der Waals surface area contributed by atoms with E-state index in [1.807, 2.05) is 19.1 Å². The van der Waals surface area contributed by atoms with E-state index in [1.54, 1.807) is 11.3 Å².